The number of aliphatic hydroxyl groups is 1. The van der Waals surface area contributed by atoms with Crippen molar-refractivity contribution < 1.29 is 5.11 Å². The van der Waals surface area contributed by atoms with Crippen LogP contribution in [0.5, 0.6) is 0 Å². The topological polar surface area (TPSA) is 20.2 Å². The molecule has 0 unspecified atom stereocenters. The lowest BCUT2D eigenvalue weighted by atomic mass is 10.0. The van der Waals surface area contributed by atoms with Gasteiger partial charge in [0.2, 0.25) is 0 Å². The Morgan fingerprint density at radius 2 is 1.81 bits per heavy atom. The van der Waals surface area contributed by atoms with Gasteiger partial charge in [0.25, 0.3) is 0 Å². The quantitative estimate of drug-likeness (QED) is 0.784. The van der Waals surface area contributed by atoms with Crippen molar-refractivity contribution in [3.63, 3.8) is 0 Å². The number of benzene rings is 1. The van der Waals surface area contributed by atoms with Gasteiger partial charge in [-0.15, -0.1) is 11.8 Å². The molecule has 0 bridgehead atoms. The van der Waals surface area contributed by atoms with Gasteiger partial charge in [-0.25, -0.2) is 0 Å². The zero-order valence-electron chi connectivity index (χ0n) is 10.7. The van der Waals surface area contributed by atoms with Gasteiger partial charge in [-0.1, -0.05) is 31.5 Å². The van der Waals surface area contributed by atoms with Crippen LogP contribution in [0.3, 0.4) is 0 Å². The molecule has 90 valence electrons. The van der Waals surface area contributed by atoms with E-state index >= 15 is 0 Å². The SMILES string of the molecule is CCC(O)(CC)CSc1cc(C)ccc1C. The zero-order valence-corrected chi connectivity index (χ0v) is 11.5. The Labute approximate surface area is 103 Å². The van der Waals surface area contributed by atoms with Crippen LogP contribution in [-0.4, -0.2) is 16.5 Å². The van der Waals surface area contributed by atoms with Crippen LogP contribution in [0.15, 0.2) is 23.1 Å². The summed E-state index contributed by atoms with van der Waals surface area (Å²) >= 11 is 1.77. The minimum Gasteiger partial charge on any atom is -0.389 e. The first-order valence-corrected chi connectivity index (χ1v) is 6.91. The van der Waals surface area contributed by atoms with E-state index < -0.39 is 5.60 Å². The molecule has 0 radical (unpaired) electrons. The lowest BCUT2D eigenvalue weighted by Crippen LogP contribution is -2.29. The molecule has 0 aliphatic rings. The Hall–Kier alpha value is -0.470. The summed E-state index contributed by atoms with van der Waals surface area (Å²) in [4.78, 5) is 1.29. The Morgan fingerprint density at radius 1 is 1.19 bits per heavy atom. The van der Waals surface area contributed by atoms with Crippen LogP contribution in [0.25, 0.3) is 0 Å². The highest BCUT2D eigenvalue weighted by Crippen LogP contribution is 2.29. The molecule has 1 nitrogen and oxygen atoms in total. The van der Waals surface area contributed by atoms with Crippen LogP contribution in [0.1, 0.15) is 37.8 Å². The van der Waals surface area contributed by atoms with Crippen molar-refractivity contribution in [1.82, 2.24) is 0 Å². The summed E-state index contributed by atoms with van der Waals surface area (Å²) in [7, 11) is 0. The van der Waals surface area contributed by atoms with Crippen LogP contribution in [0.4, 0.5) is 0 Å². The first-order chi connectivity index (χ1) is 7.50. The smallest absolute Gasteiger partial charge is 0.0736 e. The maximum absolute atomic E-state index is 10.2. The van der Waals surface area contributed by atoms with Crippen LogP contribution >= 0.6 is 11.8 Å². The Balaban J connectivity index is 2.70. The van der Waals surface area contributed by atoms with E-state index in [9.17, 15) is 5.11 Å². The van der Waals surface area contributed by atoms with Gasteiger partial charge in [-0.3, -0.25) is 0 Å². The van der Waals surface area contributed by atoms with Gasteiger partial charge in [-0.05, 0) is 38.3 Å². The summed E-state index contributed by atoms with van der Waals surface area (Å²) in [5, 5.41) is 10.2. The largest absolute Gasteiger partial charge is 0.389 e. The van der Waals surface area contributed by atoms with Gasteiger partial charge >= 0.3 is 0 Å². The van der Waals surface area contributed by atoms with E-state index in [1.54, 1.807) is 11.8 Å². The molecular formula is C14H22OS. The minimum atomic E-state index is -0.513. The second kappa shape index (κ2) is 5.74. The molecule has 0 fully saturated rings. The normalized spacial score (nSPS) is 11.8. The molecule has 1 rings (SSSR count). The molecule has 0 amide bonds. The Bertz CT molecular complexity index is 343. The highest BCUT2D eigenvalue weighted by molar-refractivity contribution is 7.99. The number of aryl methyl sites for hydroxylation is 2. The third-order valence-electron chi connectivity index (χ3n) is 3.16. The monoisotopic (exact) mass is 238 g/mol. The lowest BCUT2D eigenvalue weighted by molar-refractivity contribution is 0.0572. The summed E-state index contributed by atoms with van der Waals surface area (Å²) in [5.74, 6) is 0.782. The highest BCUT2D eigenvalue weighted by Gasteiger charge is 2.22. The first-order valence-electron chi connectivity index (χ1n) is 5.93. The predicted octanol–water partition coefficient (Wildman–Crippen LogP) is 3.95. The average molecular weight is 238 g/mol. The van der Waals surface area contributed by atoms with Crippen molar-refractivity contribution in [2.45, 2.75) is 51.0 Å². The van der Waals surface area contributed by atoms with Gasteiger partial charge in [-0.2, -0.15) is 0 Å². The standard InChI is InChI=1S/C14H22OS/c1-5-14(15,6-2)10-16-13-9-11(3)7-8-12(13)4/h7-9,15H,5-6,10H2,1-4H3. The highest BCUT2D eigenvalue weighted by atomic mass is 32.2. The second-order valence-corrected chi connectivity index (χ2v) is 5.51. The van der Waals surface area contributed by atoms with Crippen LogP contribution in [0.2, 0.25) is 0 Å². The Morgan fingerprint density at radius 3 is 2.38 bits per heavy atom. The van der Waals surface area contributed by atoms with Crippen LogP contribution < -0.4 is 0 Å². The molecule has 1 aromatic rings. The van der Waals surface area contributed by atoms with Crippen molar-refractivity contribution in [1.29, 1.82) is 0 Å². The van der Waals surface area contributed by atoms with E-state index in [2.05, 4.69) is 32.0 Å². The van der Waals surface area contributed by atoms with E-state index in [4.69, 9.17) is 0 Å². The zero-order chi connectivity index (χ0) is 12.2. The van der Waals surface area contributed by atoms with Crippen molar-refractivity contribution >= 4 is 11.8 Å². The number of rotatable bonds is 5. The molecular weight excluding hydrogens is 216 g/mol. The average Bonchev–Trinajstić information content (AvgIpc) is 2.30. The van der Waals surface area contributed by atoms with Crippen molar-refractivity contribution in [3.8, 4) is 0 Å². The van der Waals surface area contributed by atoms with E-state index in [1.807, 2.05) is 13.8 Å². The molecule has 0 spiro atoms. The lowest BCUT2D eigenvalue weighted by Gasteiger charge is -2.24. The van der Waals surface area contributed by atoms with Gasteiger partial charge in [0.1, 0.15) is 0 Å². The molecule has 0 saturated heterocycles. The minimum absolute atomic E-state index is 0.513. The van der Waals surface area contributed by atoms with Gasteiger partial charge in [0.15, 0.2) is 0 Å². The van der Waals surface area contributed by atoms with Crippen molar-refractivity contribution in [2.75, 3.05) is 5.75 Å². The molecule has 0 aromatic heterocycles. The molecule has 2 heteroatoms. The number of thioether (sulfide) groups is 1. The molecule has 0 saturated carbocycles. The molecule has 0 aliphatic carbocycles. The molecule has 0 atom stereocenters. The van der Waals surface area contributed by atoms with Crippen LogP contribution in [0, 0.1) is 13.8 Å². The van der Waals surface area contributed by atoms with E-state index in [0.29, 0.717) is 0 Å². The fraction of sp³-hybridized carbons (Fsp3) is 0.571. The third kappa shape index (κ3) is 3.53. The fourth-order valence-electron chi connectivity index (χ4n) is 1.53. The summed E-state index contributed by atoms with van der Waals surface area (Å²) in [6.07, 6.45) is 1.64. The fourth-order valence-corrected chi connectivity index (χ4v) is 2.93. The molecule has 16 heavy (non-hydrogen) atoms. The van der Waals surface area contributed by atoms with E-state index in [1.165, 1.54) is 16.0 Å². The Kier molecular flexibility index (Phi) is 4.88. The maximum Gasteiger partial charge on any atom is 0.0736 e. The number of hydrogen-bond donors (Lipinski definition) is 1. The van der Waals surface area contributed by atoms with Crippen molar-refractivity contribution in [2.24, 2.45) is 0 Å². The first kappa shape index (κ1) is 13.6. The summed E-state index contributed by atoms with van der Waals surface area (Å²) in [6.45, 7) is 8.33. The number of hydrogen-bond acceptors (Lipinski definition) is 2. The summed E-state index contributed by atoms with van der Waals surface area (Å²) in [5.41, 5.74) is 2.07. The predicted molar refractivity (Wildman–Crippen MR) is 72.2 cm³/mol. The molecule has 1 N–H and O–H groups in total. The molecule has 0 aliphatic heterocycles. The summed E-state index contributed by atoms with van der Waals surface area (Å²) < 4.78 is 0. The van der Waals surface area contributed by atoms with Gasteiger partial charge < -0.3 is 5.11 Å². The van der Waals surface area contributed by atoms with Crippen molar-refractivity contribution in [3.05, 3.63) is 29.3 Å². The third-order valence-corrected chi connectivity index (χ3v) is 4.59. The van der Waals surface area contributed by atoms with E-state index in [0.717, 1.165) is 18.6 Å². The van der Waals surface area contributed by atoms with Crippen LogP contribution in [-0.2, 0) is 0 Å². The molecule has 0 heterocycles. The van der Waals surface area contributed by atoms with E-state index in [-0.39, 0.29) is 0 Å². The molecule has 1 aromatic carbocycles. The van der Waals surface area contributed by atoms with Gasteiger partial charge in [0, 0.05) is 10.6 Å². The van der Waals surface area contributed by atoms with Gasteiger partial charge in [0.05, 0.1) is 5.60 Å². The second-order valence-electron chi connectivity index (χ2n) is 4.49. The summed E-state index contributed by atoms with van der Waals surface area (Å²) in [6, 6.07) is 6.48. The maximum atomic E-state index is 10.2.